The zero-order valence-corrected chi connectivity index (χ0v) is 7.97. The van der Waals surface area contributed by atoms with Crippen molar-refractivity contribution in [2.45, 2.75) is 6.92 Å². The maximum Gasteiger partial charge on any atom is 0.305 e. The summed E-state index contributed by atoms with van der Waals surface area (Å²) >= 11 is 4.35. The second-order valence-corrected chi connectivity index (χ2v) is 2.73. The van der Waals surface area contributed by atoms with Gasteiger partial charge in [0.2, 0.25) is 5.82 Å². The Balaban J connectivity index is 3.37. The molecule has 14 heavy (non-hydrogen) atoms. The molecule has 0 fully saturated rings. The van der Waals surface area contributed by atoms with Crippen LogP contribution in [0, 0.1) is 22.9 Å². The van der Waals surface area contributed by atoms with Gasteiger partial charge in [0.1, 0.15) is 0 Å². The maximum absolute atomic E-state index is 13.0. The fourth-order valence-electron chi connectivity index (χ4n) is 0.965. The summed E-state index contributed by atoms with van der Waals surface area (Å²) in [6.45, 7) is 1.58. The molecule has 0 heterocycles. The lowest BCUT2D eigenvalue weighted by molar-refractivity contribution is -0.387. The van der Waals surface area contributed by atoms with Crippen molar-refractivity contribution in [3.8, 4) is 0 Å². The van der Waals surface area contributed by atoms with Gasteiger partial charge in [0.15, 0.2) is 0 Å². The molecule has 0 unspecified atom stereocenters. The molecule has 0 bridgehead atoms. The third kappa shape index (κ3) is 1.99. The molecule has 1 rings (SSSR count). The highest BCUT2D eigenvalue weighted by Gasteiger charge is 2.15. The van der Waals surface area contributed by atoms with Crippen LogP contribution in [0.25, 0.3) is 0 Å². The number of nitro benzene ring substituents is 1. The first-order chi connectivity index (χ1) is 6.56. The van der Waals surface area contributed by atoms with E-state index in [1.165, 1.54) is 0 Å². The summed E-state index contributed by atoms with van der Waals surface area (Å²) in [6.07, 6.45) is 0. The molecule has 0 aliphatic heterocycles. The number of aryl methyl sites for hydroxylation is 1. The van der Waals surface area contributed by atoms with Crippen LogP contribution in [0.1, 0.15) is 5.56 Å². The Morgan fingerprint density at radius 1 is 1.64 bits per heavy atom. The predicted molar refractivity (Wildman–Crippen MR) is 52.5 cm³/mol. The van der Waals surface area contributed by atoms with Crippen molar-refractivity contribution in [2.75, 3.05) is 0 Å². The third-order valence-electron chi connectivity index (χ3n) is 1.63. The van der Waals surface area contributed by atoms with Crippen LogP contribution in [-0.2, 0) is 0 Å². The van der Waals surface area contributed by atoms with Crippen LogP contribution in [-0.4, -0.2) is 10.1 Å². The molecule has 0 amide bonds. The zero-order valence-electron chi connectivity index (χ0n) is 7.15. The van der Waals surface area contributed by atoms with Gasteiger partial charge in [0, 0.05) is 12.1 Å². The maximum atomic E-state index is 13.0. The van der Waals surface area contributed by atoms with E-state index in [0.717, 1.165) is 12.1 Å². The first-order valence-electron chi connectivity index (χ1n) is 3.58. The fourth-order valence-corrected chi connectivity index (χ4v) is 1.06. The number of halogens is 1. The van der Waals surface area contributed by atoms with E-state index >= 15 is 0 Å². The van der Waals surface area contributed by atoms with E-state index in [9.17, 15) is 14.5 Å². The highest BCUT2D eigenvalue weighted by Crippen LogP contribution is 2.26. The summed E-state index contributed by atoms with van der Waals surface area (Å²) in [5.41, 5.74) is 0.171. The summed E-state index contributed by atoms with van der Waals surface area (Å²) in [5.74, 6) is -0.926. The molecular weight excluding hydrogens is 207 g/mol. The van der Waals surface area contributed by atoms with Gasteiger partial charge in [-0.25, -0.2) is 0 Å². The SMILES string of the molecule is Cc1cc([N+](=O)[O-])c(F)cc1N=C=S. The van der Waals surface area contributed by atoms with Crippen LogP contribution in [0.4, 0.5) is 15.8 Å². The predicted octanol–water partition coefficient (Wildman–Crippen LogP) is 2.78. The quantitative estimate of drug-likeness (QED) is 0.328. The van der Waals surface area contributed by atoms with Gasteiger partial charge in [-0.05, 0) is 24.7 Å². The normalized spacial score (nSPS) is 9.29. The van der Waals surface area contributed by atoms with Gasteiger partial charge in [0.05, 0.1) is 15.8 Å². The topological polar surface area (TPSA) is 55.5 Å². The number of hydrogen-bond acceptors (Lipinski definition) is 4. The lowest BCUT2D eigenvalue weighted by Crippen LogP contribution is -1.93. The standard InChI is InChI=1S/C8H5FN2O2S/c1-5-2-8(11(12)13)6(9)3-7(5)10-4-14/h2-3H,1H3. The molecule has 0 N–H and O–H groups in total. The average Bonchev–Trinajstić information content (AvgIpc) is 2.10. The first-order valence-corrected chi connectivity index (χ1v) is 3.99. The summed E-state index contributed by atoms with van der Waals surface area (Å²) in [6, 6.07) is 2.08. The van der Waals surface area contributed by atoms with Crippen LogP contribution in [0.3, 0.4) is 0 Å². The van der Waals surface area contributed by atoms with E-state index in [1.54, 1.807) is 6.92 Å². The van der Waals surface area contributed by atoms with Crippen molar-refractivity contribution in [2.24, 2.45) is 4.99 Å². The van der Waals surface area contributed by atoms with Gasteiger partial charge >= 0.3 is 5.69 Å². The monoisotopic (exact) mass is 212 g/mol. The summed E-state index contributed by atoms with van der Waals surface area (Å²) in [4.78, 5) is 13.1. The van der Waals surface area contributed by atoms with E-state index < -0.39 is 16.4 Å². The minimum atomic E-state index is -0.926. The number of thiocarbonyl (C=S) groups is 1. The lowest BCUT2D eigenvalue weighted by atomic mass is 10.2. The Bertz CT molecular complexity index is 413. The van der Waals surface area contributed by atoms with Gasteiger partial charge in [0.25, 0.3) is 0 Å². The first kappa shape index (κ1) is 10.4. The summed E-state index contributed by atoms with van der Waals surface area (Å²) < 4.78 is 13.0. The van der Waals surface area contributed by atoms with E-state index in [-0.39, 0.29) is 5.69 Å². The molecule has 6 heteroatoms. The van der Waals surface area contributed by atoms with Crippen molar-refractivity contribution in [1.29, 1.82) is 0 Å². The second kappa shape index (κ2) is 4.04. The Labute approximate surface area is 84.2 Å². The van der Waals surface area contributed by atoms with E-state index in [2.05, 4.69) is 22.4 Å². The highest BCUT2D eigenvalue weighted by atomic mass is 32.1. The molecule has 0 aromatic heterocycles. The molecule has 0 radical (unpaired) electrons. The van der Waals surface area contributed by atoms with Crippen molar-refractivity contribution >= 4 is 28.8 Å². The largest absolute Gasteiger partial charge is 0.305 e. The van der Waals surface area contributed by atoms with Gasteiger partial charge in [-0.2, -0.15) is 9.38 Å². The van der Waals surface area contributed by atoms with Gasteiger partial charge in [-0.1, -0.05) is 0 Å². The highest BCUT2D eigenvalue weighted by molar-refractivity contribution is 7.78. The molecule has 1 aromatic rings. The van der Waals surface area contributed by atoms with Crippen LogP contribution < -0.4 is 0 Å². The van der Waals surface area contributed by atoms with E-state index in [1.807, 2.05) is 0 Å². The van der Waals surface area contributed by atoms with Crippen LogP contribution in [0.2, 0.25) is 0 Å². The summed E-state index contributed by atoms with van der Waals surface area (Å²) in [5, 5.41) is 12.4. The minimum Gasteiger partial charge on any atom is -0.258 e. The number of isothiocyanates is 1. The Hall–Kier alpha value is -1.65. The van der Waals surface area contributed by atoms with Crippen molar-refractivity contribution in [3.63, 3.8) is 0 Å². The summed E-state index contributed by atoms with van der Waals surface area (Å²) in [7, 11) is 0. The number of nitro groups is 1. The molecular formula is C8H5FN2O2S. The van der Waals surface area contributed by atoms with E-state index in [0.29, 0.717) is 5.56 Å². The number of rotatable bonds is 2. The fraction of sp³-hybridized carbons (Fsp3) is 0.125. The Morgan fingerprint density at radius 2 is 2.29 bits per heavy atom. The van der Waals surface area contributed by atoms with Crippen molar-refractivity contribution < 1.29 is 9.31 Å². The zero-order chi connectivity index (χ0) is 10.7. The smallest absolute Gasteiger partial charge is 0.258 e. The average molecular weight is 212 g/mol. The molecule has 72 valence electrons. The van der Waals surface area contributed by atoms with Gasteiger partial charge < -0.3 is 0 Å². The van der Waals surface area contributed by atoms with Crippen LogP contribution in [0.15, 0.2) is 17.1 Å². The van der Waals surface area contributed by atoms with Crippen molar-refractivity contribution in [1.82, 2.24) is 0 Å². The Morgan fingerprint density at radius 3 is 2.79 bits per heavy atom. The number of aliphatic imine (C=N–C) groups is 1. The number of benzene rings is 1. The molecule has 1 aromatic carbocycles. The van der Waals surface area contributed by atoms with Gasteiger partial charge in [-0.15, -0.1) is 0 Å². The third-order valence-corrected chi connectivity index (χ3v) is 1.72. The molecule has 0 atom stereocenters. The molecule has 0 saturated carbocycles. The molecule has 0 spiro atoms. The van der Waals surface area contributed by atoms with Crippen molar-refractivity contribution in [3.05, 3.63) is 33.6 Å². The number of nitrogens with zero attached hydrogens (tertiary/aromatic N) is 2. The molecule has 4 nitrogen and oxygen atoms in total. The lowest BCUT2D eigenvalue weighted by Gasteiger charge is -1.99. The second-order valence-electron chi connectivity index (χ2n) is 2.55. The van der Waals surface area contributed by atoms with Crippen LogP contribution in [0.5, 0.6) is 0 Å². The molecule has 0 saturated heterocycles. The number of hydrogen-bond donors (Lipinski definition) is 0. The van der Waals surface area contributed by atoms with E-state index in [4.69, 9.17) is 0 Å². The van der Waals surface area contributed by atoms with Gasteiger partial charge in [-0.3, -0.25) is 10.1 Å². The van der Waals surface area contributed by atoms with Crippen LogP contribution >= 0.6 is 12.2 Å². The minimum absolute atomic E-state index is 0.253. The molecule has 0 aliphatic carbocycles. The molecule has 0 aliphatic rings. The Kier molecular flexibility index (Phi) is 3.01.